The number of hydrogen-bond donors (Lipinski definition) is 0. The molecule has 0 fully saturated rings. The molecule has 0 aliphatic carbocycles. The van der Waals surface area contributed by atoms with E-state index >= 15 is 0 Å². The van der Waals surface area contributed by atoms with Gasteiger partial charge >= 0.3 is 0 Å². The van der Waals surface area contributed by atoms with Crippen LogP contribution in [0, 0.1) is 0 Å². The topological polar surface area (TPSA) is 9.86 Å². The van der Waals surface area contributed by atoms with Crippen LogP contribution in [0.5, 0.6) is 0 Å². The molecule has 0 N–H and O–H groups in total. The van der Waals surface area contributed by atoms with Gasteiger partial charge in [0.15, 0.2) is 0 Å². The van der Waals surface area contributed by atoms with Gasteiger partial charge in [0, 0.05) is 32.9 Å². The molecule has 0 saturated carbocycles. The number of nitrogens with zero attached hydrogens (tertiary/aromatic N) is 2. The molecule has 2 nitrogen and oxygen atoms in total. The summed E-state index contributed by atoms with van der Waals surface area (Å²) in [5.74, 6) is 0. The first kappa shape index (κ1) is 28.4. The summed E-state index contributed by atoms with van der Waals surface area (Å²) in [7, 11) is 0. The fraction of sp³-hybridized carbons (Fsp3) is 0. The van der Waals surface area contributed by atoms with Crippen LogP contribution < -0.4 is 0 Å². The molecule has 10 rings (SSSR count). The SMILES string of the molecule is c1ccc(-c2ccccc2-c2ccc(-n3c4ccccc4c4cc(-c5cccc(-n6c7ccccc7c7ccccc76)c5)ccc43)cc2)cc1. The highest BCUT2D eigenvalue weighted by Gasteiger charge is 2.16. The highest BCUT2D eigenvalue weighted by molar-refractivity contribution is 6.11. The van der Waals surface area contributed by atoms with Gasteiger partial charge in [-0.2, -0.15) is 0 Å². The molecule has 234 valence electrons. The van der Waals surface area contributed by atoms with E-state index in [4.69, 9.17) is 0 Å². The molecule has 0 saturated heterocycles. The van der Waals surface area contributed by atoms with Crippen molar-refractivity contribution in [2.45, 2.75) is 0 Å². The number of hydrogen-bond acceptors (Lipinski definition) is 0. The summed E-state index contributed by atoms with van der Waals surface area (Å²) in [5.41, 5.74) is 14.5. The maximum atomic E-state index is 2.40. The molecule has 10 aromatic rings. The second-order valence-electron chi connectivity index (χ2n) is 13.0. The number of rotatable bonds is 5. The Morgan fingerprint density at radius 3 is 1.32 bits per heavy atom. The van der Waals surface area contributed by atoms with Gasteiger partial charge in [-0.05, 0) is 88.0 Å². The average Bonchev–Trinajstić information content (AvgIpc) is 3.71. The van der Waals surface area contributed by atoms with E-state index in [1.165, 1.54) is 77.0 Å². The van der Waals surface area contributed by atoms with Crippen LogP contribution in [-0.4, -0.2) is 9.13 Å². The summed E-state index contributed by atoms with van der Waals surface area (Å²) >= 11 is 0. The van der Waals surface area contributed by atoms with Crippen molar-refractivity contribution in [3.63, 3.8) is 0 Å². The van der Waals surface area contributed by atoms with E-state index in [-0.39, 0.29) is 0 Å². The molecular formula is C48H32N2. The molecule has 2 heterocycles. The Kier molecular flexibility index (Phi) is 6.53. The van der Waals surface area contributed by atoms with Crippen molar-refractivity contribution in [2.75, 3.05) is 0 Å². The summed E-state index contributed by atoms with van der Waals surface area (Å²) < 4.78 is 4.79. The molecule has 0 aliphatic heterocycles. The summed E-state index contributed by atoms with van der Waals surface area (Å²) in [5, 5.41) is 5.05. The second kappa shape index (κ2) is 11.5. The zero-order chi connectivity index (χ0) is 33.0. The smallest absolute Gasteiger partial charge is 0.0541 e. The summed E-state index contributed by atoms with van der Waals surface area (Å²) in [6.07, 6.45) is 0. The van der Waals surface area contributed by atoms with Gasteiger partial charge in [0.1, 0.15) is 0 Å². The Labute approximate surface area is 290 Å². The van der Waals surface area contributed by atoms with E-state index < -0.39 is 0 Å². The van der Waals surface area contributed by atoms with E-state index in [1.54, 1.807) is 0 Å². The van der Waals surface area contributed by atoms with E-state index in [0.717, 1.165) is 11.4 Å². The van der Waals surface area contributed by atoms with Gasteiger partial charge in [-0.15, -0.1) is 0 Å². The van der Waals surface area contributed by atoms with Crippen molar-refractivity contribution < 1.29 is 0 Å². The maximum absolute atomic E-state index is 2.40. The number of benzene rings is 8. The van der Waals surface area contributed by atoms with E-state index in [9.17, 15) is 0 Å². The Balaban J connectivity index is 1.08. The minimum Gasteiger partial charge on any atom is -0.309 e. The van der Waals surface area contributed by atoms with Gasteiger partial charge in [-0.25, -0.2) is 0 Å². The number of aromatic nitrogens is 2. The molecule has 0 spiro atoms. The molecule has 0 radical (unpaired) electrons. The van der Waals surface area contributed by atoms with Gasteiger partial charge < -0.3 is 9.13 Å². The fourth-order valence-electron chi connectivity index (χ4n) is 7.85. The molecule has 0 aliphatic rings. The lowest BCUT2D eigenvalue weighted by atomic mass is 9.94. The average molecular weight is 637 g/mol. The van der Waals surface area contributed by atoms with Gasteiger partial charge in [0.25, 0.3) is 0 Å². The van der Waals surface area contributed by atoms with Gasteiger partial charge in [0.05, 0.1) is 22.1 Å². The van der Waals surface area contributed by atoms with Crippen molar-refractivity contribution in [3.05, 3.63) is 194 Å². The van der Waals surface area contributed by atoms with Crippen LogP contribution in [0.15, 0.2) is 194 Å². The standard InChI is InChI=1S/C48H32N2/c1-2-13-33(14-3-1)39-17-4-5-18-40(39)34-25-28-37(29-26-34)49-47-24-11-8-21-43(47)44-32-36(27-30-48(44)49)35-15-12-16-38(31-35)50-45-22-9-6-19-41(45)42-20-7-10-23-46(42)50/h1-32H. The van der Waals surface area contributed by atoms with Crippen LogP contribution in [0.2, 0.25) is 0 Å². The first-order chi connectivity index (χ1) is 24.8. The van der Waals surface area contributed by atoms with Crippen molar-refractivity contribution in [1.82, 2.24) is 9.13 Å². The lowest BCUT2D eigenvalue weighted by Crippen LogP contribution is -1.95. The van der Waals surface area contributed by atoms with Crippen molar-refractivity contribution >= 4 is 43.6 Å². The van der Waals surface area contributed by atoms with E-state index in [0.29, 0.717) is 0 Å². The third kappa shape index (κ3) is 4.50. The highest BCUT2D eigenvalue weighted by Crippen LogP contribution is 2.38. The van der Waals surface area contributed by atoms with Crippen molar-refractivity contribution in [1.29, 1.82) is 0 Å². The lowest BCUT2D eigenvalue weighted by Gasteiger charge is -2.13. The fourth-order valence-corrected chi connectivity index (χ4v) is 7.85. The van der Waals surface area contributed by atoms with Crippen LogP contribution in [0.4, 0.5) is 0 Å². The molecule has 0 unspecified atom stereocenters. The molecule has 8 aromatic carbocycles. The van der Waals surface area contributed by atoms with Gasteiger partial charge in [0.2, 0.25) is 0 Å². The molecule has 2 aromatic heterocycles. The molecular weight excluding hydrogens is 605 g/mol. The molecule has 0 bridgehead atoms. The summed E-state index contributed by atoms with van der Waals surface area (Å²) in [6.45, 7) is 0. The molecule has 0 atom stereocenters. The Bertz CT molecular complexity index is 2800. The van der Waals surface area contributed by atoms with Crippen molar-refractivity contribution in [3.8, 4) is 44.8 Å². The second-order valence-corrected chi connectivity index (χ2v) is 13.0. The van der Waals surface area contributed by atoms with Gasteiger partial charge in [-0.3, -0.25) is 0 Å². The van der Waals surface area contributed by atoms with Crippen LogP contribution in [0.25, 0.3) is 88.4 Å². The number of para-hydroxylation sites is 3. The zero-order valence-electron chi connectivity index (χ0n) is 27.4. The Morgan fingerprint density at radius 1 is 0.240 bits per heavy atom. The summed E-state index contributed by atoms with van der Waals surface area (Å²) in [6, 6.07) is 70.4. The first-order valence-electron chi connectivity index (χ1n) is 17.2. The first-order valence-corrected chi connectivity index (χ1v) is 17.2. The summed E-state index contributed by atoms with van der Waals surface area (Å²) in [4.78, 5) is 0. The Morgan fingerprint density at radius 2 is 0.680 bits per heavy atom. The predicted molar refractivity (Wildman–Crippen MR) is 211 cm³/mol. The van der Waals surface area contributed by atoms with E-state index in [2.05, 4.69) is 203 Å². The van der Waals surface area contributed by atoms with Crippen LogP contribution in [0.3, 0.4) is 0 Å². The van der Waals surface area contributed by atoms with Gasteiger partial charge in [-0.1, -0.05) is 140 Å². The largest absolute Gasteiger partial charge is 0.309 e. The molecule has 50 heavy (non-hydrogen) atoms. The third-order valence-corrected chi connectivity index (χ3v) is 10.1. The van der Waals surface area contributed by atoms with Crippen molar-refractivity contribution in [2.24, 2.45) is 0 Å². The third-order valence-electron chi connectivity index (χ3n) is 10.1. The minimum absolute atomic E-state index is 1.15. The van der Waals surface area contributed by atoms with Crippen LogP contribution in [-0.2, 0) is 0 Å². The zero-order valence-corrected chi connectivity index (χ0v) is 27.4. The van der Waals surface area contributed by atoms with Crippen LogP contribution >= 0.6 is 0 Å². The quantitative estimate of drug-likeness (QED) is 0.178. The molecule has 0 amide bonds. The highest BCUT2D eigenvalue weighted by atomic mass is 15.0. The normalized spacial score (nSPS) is 11.6. The predicted octanol–water partition coefficient (Wildman–Crippen LogP) is 12.9. The maximum Gasteiger partial charge on any atom is 0.0541 e. The Hall–Kier alpha value is -6.64. The lowest BCUT2D eigenvalue weighted by molar-refractivity contribution is 1.18. The number of fused-ring (bicyclic) bond motifs is 6. The van der Waals surface area contributed by atoms with E-state index in [1.807, 2.05) is 0 Å². The van der Waals surface area contributed by atoms with Crippen LogP contribution in [0.1, 0.15) is 0 Å². The minimum atomic E-state index is 1.15. The molecule has 2 heteroatoms. The monoisotopic (exact) mass is 636 g/mol.